The normalized spacial score (nSPS) is 9.77. The number of hydrogen-bond donors (Lipinski definition) is 0. The van der Waals surface area contributed by atoms with Gasteiger partial charge in [-0.1, -0.05) is 24.6 Å². The van der Waals surface area contributed by atoms with Crippen LogP contribution in [0.15, 0.2) is 18.2 Å². The van der Waals surface area contributed by atoms with Gasteiger partial charge in [0.1, 0.15) is 0 Å². The molecule has 0 unspecified atom stereocenters. The van der Waals surface area contributed by atoms with Gasteiger partial charge in [0.2, 0.25) is 0 Å². The highest BCUT2D eigenvalue weighted by molar-refractivity contribution is 5.91. The summed E-state index contributed by atoms with van der Waals surface area (Å²) in [7, 11) is 1.40. The molecule has 0 spiro atoms. The molecule has 0 saturated carbocycles. The first kappa shape index (κ1) is 9.78. The number of ether oxygens (including phenoxy) is 1. The number of esters is 1. The second-order valence-corrected chi connectivity index (χ2v) is 3.01. The van der Waals surface area contributed by atoms with Crippen LogP contribution in [0.5, 0.6) is 0 Å². The first-order chi connectivity index (χ1) is 6.19. The molecular weight excluding hydrogens is 164 g/mol. The Hall–Kier alpha value is -1.31. The molecule has 0 atom stereocenters. The Labute approximate surface area is 78.5 Å². The fourth-order valence-corrected chi connectivity index (χ4v) is 1.32. The highest BCUT2D eigenvalue weighted by atomic mass is 16.5. The van der Waals surface area contributed by atoms with Gasteiger partial charge < -0.3 is 4.74 Å². The van der Waals surface area contributed by atoms with Crippen LogP contribution >= 0.6 is 0 Å². The van der Waals surface area contributed by atoms with Crippen LogP contribution < -0.4 is 0 Å². The second kappa shape index (κ2) is 4.08. The van der Waals surface area contributed by atoms with Gasteiger partial charge in [0, 0.05) is 0 Å². The van der Waals surface area contributed by atoms with Crippen molar-refractivity contribution in [3.8, 4) is 0 Å². The van der Waals surface area contributed by atoms with Gasteiger partial charge in [-0.2, -0.15) is 0 Å². The molecule has 0 aliphatic carbocycles. The van der Waals surface area contributed by atoms with Crippen molar-refractivity contribution in [2.75, 3.05) is 7.11 Å². The van der Waals surface area contributed by atoms with Crippen LogP contribution in [0.2, 0.25) is 0 Å². The van der Waals surface area contributed by atoms with Crippen molar-refractivity contribution in [1.29, 1.82) is 0 Å². The van der Waals surface area contributed by atoms with Crippen LogP contribution in [0.25, 0.3) is 0 Å². The van der Waals surface area contributed by atoms with Gasteiger partial charge in [-0.15, -0.1) is 0 Å². The Morgan fingerprint density at radius 1 is 1.46 bits per heavy atom. The van der Waals surface area contributed by atoms with Gasteiger partial charge in [0.25, 0.3) is 0 Å². The molecule has 0 N–H and O–H groups in total. The zero-order valence-corrected chi connectivity index (χ0v) is 8.26. The van der Waals surface area contributed by atoms with Crippen molar-refractivity contribution in [2.45, 2.75) is 20.3 Å². The molecule has 1 aromatic rings. The van der Waals surface area contributed by atoms with E-state index >= 15 is 0 Å². The predicted molar refractivity (Wildman–Crippen MR) is 51.9 cm³/mol. The van der Waals surface area contributed by atoms with E-state index in [1.165, 1.54) is 12.7 Å². The third-order valence-corrected chi connectivity index (χ3v) is 2.05. The number of methoxy groups -OCH3 is 1. The summed E-state index contributed by atoms with van der Waals surface area (Å²) < 4.78 is 4.68. The quantitative estimate of drug-likeness (QED) is 0.650. The molecule has 0 aromatic heterocycles. The SMILES string of the molecule is CCc1cc(C)ccc1C(=O)OC. The maximum Gasteiger partial charge on any atom is 0.338 e. The summed E-state index contributed by atoms with van der Waals surface area (Å²) in [5.74, 6) is -0.253. The molecule has 0 saturated heterocycles. The van der Waals surface area contributed by atoms with Crippen LogP contribution in [-0.2, 0) is 11.2 Å². The minimum atomic E-state index is -0.253. The second-order valence-electron chi connectivity index (χ2n) is 3.01. The number of benzene rings is 1. The smallest absolute Gasteiger partial charge is 0.338 e. The number of rotatable bonds is 2. The Bertz CT molecular complexity index is 316. The fourth-order valence-electron chi connectivity index (χ4n) is 1.32. The lowest BCUT2D eigenvalue weighted by Crippen LogP contribution is -2.05. The van der Waals surface area contributed by atoms with E-state index in [0.29, 0.717) is 5.56 Å². The summed E-state index contributed by atoms with van der Waals surface area (Å²) in [5, 5.41) is 0. The van der Waals surface area contributed by atoms with Crippen LogP contribution in [0.3, 0.4) is 0 Å². The molecule has 2 heteroatoms. The molecular formula is C11H14O2. The maximum absolute atomic E-state index is 11.3. The topological polar surface area (TPSA) is 26.3 Å². The van der Waals surface area contributed by atoms with Gasteiger partial charge in [-0.05, 0) is 25.0 Å². The molecule has 0 bridgehead atoms. The lowest BCUT2D eigenvalue weighted by atomic mass is 10.0. The molecule has 0 aliphatic heterocycles. The lowest BCUT2D eigenvalue weighted by molar-refractivity contribution is 0.0599. The van der Waals surface area contributed by atoms with Gasteiger partial charge in [-0.25, -0.2) is 4.79 Å². The molecule has 1 rings (SSSR count). The third kappa shape index (κ3) is 2.08. The van der Waals surface area contributed by atoms with Crippen molar-refractivity contribution in [3.63, 3.8) is 0 Å². The number of carbonyl (C=O) groups excluding carboxylic acids is 1. The lowest BCUT2D eigenvalue weighted by Gasteiger charge is -2.06. The van der Waals surface area contributed by atoms with Crippen molar-refractivity contribution < 1.29 is 9.53 Å². The van der Waals surface area contributed by atoms with E-state index < -0.39 is 0 Å². The van der Waals surface area contributed by atoms with Gasteiger partial charge in [0.05, 0.1) is 12.7 Å². The van der Waals surface area contributed by atoms with Crippen molar-refractivity contribution in [1.82, 2.24) is 0 Å². The molecule has 0 aliphatic rings. The summed E-state index contributed by atoms with van der Waals surface area (Å²) >= 11 is 0. The van der Waals surface area contributed by atoms with E-state index in [9.17, 15) is 4.79 Å². The number of carbonyl (C=O) groups is 1. The third-order valence-electron chi connectivity index (χ3n) is 2.05. The van der Waals surface area contributed by atoms with E-state index in [2.05, 4.69) is 4.74 Å². The minimum Gasteiger partial charge on any atom is -0.465 e. The van der Waals surface area contributed by atoms with Gasteiger partial charge in [-0.3, -0.25) is 0 Å². The molecule has 0 heterocycles. The molecule has 0 amide bonds. The Morgan fingerprint density at radius 3 is 2.69 bits per heavy atom. The zero-order chi connectivity index (χ0) is 9.84. The number of aryl methyl sites for hydroxylation is 2. The molecule has 0 radical (unpaired) electrons. The molecule has 13 heavy (non-hydrogen) atoms. The highest BCUT2D eigenvalue weighted by Crippen LogP contribution is 2.13. The standard InChI is InChI=1S/C11H14O2/c1-4-9-7-8(2)5-6-10(9)11(12)13-3/h5-7H,4H2,1-3H3. The fraction of sp³-hybridized carbons (Fsp3) is 0.364. The van der Waals surface area contributed by atoms with E-state index in [4.69, 9.17) is 0 Å². The van der Waals surface area contributed by atoms with Crippen LogP contribution in [-0.4, -0.2) is 13.1 Å². The summed E-state index contributed by atoms with van der Waals surface area (Å²) in [4.78, 5) is 11.3. The predicted octanol–water partition coefficient (Wildman–Crippen LogP) is 2.34. The monoisotopic (exact) mass is 178 g/mol. The summed E-state index contributed by atoms with van der Waals surface area (Å²) in [6.07, 6.45) is 0.853. The molecule has 0 fully saturated rings. The summed E-state index contributed by atoms with van der Waals surface area (Å²) in [6.45, 7) is 4.04. The van der Waals surface area contributed by atoms with Crippen LogP contribution in [0, 0.1) is 6.92 Å². The van der Waals surface area contributed by atoms with Crippen LogP contribution in [0.1, 0.15) is 28.4 Å². The van der Waals surface area contributed by atoms with Gasteiger partial charge >= 0.3 is 5.97 Å². The average Bonchev–Trinajstić information content (AvgIpc) is 2.16. The first-order valence-corrected chi connectivity index (χ1v) is 4.37. The summed E-state index contributed by atoms with van der Waals surface area (Å²) in [6, 6.07) is 5.76. The van der Waals surface area contributed by atoms with E-state index in [1.54, 1.807) is 0 Å². The minimum absolute atomic E-state index is 0.253. The Kier molecular flexibility index (Phi) is 3.07. The first-order valence-electron chi connectivity index (χ1n) is 4.37. The van der Waals surface area contributed by atoms with E-state index in [-0.39, 0.29) is 5.97 Å². The molecule has 2 nitrogen and oxygen atoms in total. The van der Waals surface area contributed by atoms with Crippen molar-refractivity contribution in [3.05, 3.63) is 34.9 Å². The van der Waals surface area contributed by atoms with E-state index in [0.717, 1.165) is 12.0 Å². The maximum atomic E-state index is 11.3. The van der Waals surface area contributed by atoms with E-state index in [1.807, 2.05) is 32.0 Å². The molecule has 1 aromatic carbocycles. The van der Waals surface area contributed by atoms with Crippen molar-refractivity contribution in [2.24, 2.45) is 0 Å². The summed E-state index contributed by atoms with van der Waals surface area (Å²) in [5.41, 5.74) is 2.90. The number of hydrogen-bond acceptors (Lipinski definition) is 2. The van der Waals surface area contributed by atoms with Gasteiger partial charge in [0.15, 0.2) is 0 Å². The largest absolute Gasteiger partial charge is 0.465 e. The average molecular weight is 178 g/mol. The molecule has 70 valence electrons. The highest BCUT2D eigenvalue weighted by Gasteiger charge is 2.09. The zero-order valence-electron chi connectivity index (χ0n) is 8.26. The Balaban J connectivity index is 3.13. The van der Waals surface area contributed by atoms with Crippen molar-refractivity contribution >= 4 is 5.97 Å². The Morgan fingerprint density at radius 2 is 2.15 bits per heavy atom. The van der Waals surface area contributed by atoms with Crippen LogP contribution in [0.4, 0.5) is 0 Å².